The van der Waals surface area contributed by atoms with Gasteiger partial charge in [-0.2, -0.15) is 0 Å². The second kappa shape index (κ2) is 8.51. The molecule has 0 spiro atoms. The first-order chi connectivity index (χ1) is 9.88. The molecule has 1 heterocycles. The molecular formula is C16H23N3O. The molecule has 20 heavy (non-hydrogen) atoms. The van der Waals surface area contributed by atoms with Crippen LogP contribution in [-0.4, -0.2) is 23.2 Å². The van der Waals surface area contributed by atoms with Gasteiger partial charge in [-0.3, -0.25) is 0 Å². The molecule has 4 heteroatoms. The first-order valence-corrected chi connectivity index (χ1v) is 7.11. The normalized spacial score (nSPS) is 10.8. The summed E-state index contributed by atoms with van der Waals surface area (Å²) in [5, 5.41) is 3.49. The zero-order valence-corrected chi connectivity index (χ0v) is 12.1. The number of unbranched alkanes of at least 4 members (excludes halogenated alkanes) is 1. The van der Waals surface area contributed by atoms with Crippen molar-refractivity contribution >= 4 is 0 Å². The Balaban J connectivity index is 1.59. The molecule has 108 valence electrons. The zero-order chi connectivity index (χ0) is 14.0. The SMILES string of the molecule is COCc1cccc(CNCCCCn2ccnc2)c1. The van der Waals surface area contributed by atoms with Gasteiger partial charge in [0.05, 0.1) is 12.9 Å². The van der Waals surface area contributed by atoms with E-state index in [1.54, 1.807) is 7.11 Å². The third-order valence-corrected chi connectivity index (χ3v) is 3.21. The smallest absolute Gasteiger partial charge is 0.0945 e. The minimum Gasteiger partial charge on any atom is -0.380 e. The third kappa shape index (κ3) is 5.15. The van der Waals surface area contributed by atoms with Gasteiger partial charge in [0.1, 0.15) is 0 Å². The largest absolute Gasteiger partial charge is 0.380 e. The Hall–Kier alpha value is -1.65. The Morgan fingerprint density at radius 1 is 1.25 bits per heavy atom. The van der Waals surface area contributed by atoms with E-state index in [2.05, 4.69) is 39.1 Å². The van der Waals surface area contributed by atoms with Crippen molar-refractivity contribution in [1.29, 1.82) is 0 Å². The van der Waals surface area contributed by atoms with Gasteiger partial charge in [0.15, 0.2) is 0 Å². The molecule has 0 saturated carbocycles. The molecule has 4 nitrogen and oxygen atoms in total. The van der Waals surface area contributed by atoms with Crippen LogP contribution >= 0.6 is 0 Å². The molecular weight excluding hydrogens is 250 g/mol. The highest BCUT2D eigenvalue weighted by Crippen LogP contribution is 2.06. The number of imidazole rings is 1. The molecule has 0 atom stereocenters. The zero-order valence-electron chi connectivity index (χ0n) is 12.1. The van der Waals surface area contributed by atoms with Gasteiger partial charge in [-0.25, -0.2) is 4.98 Å². The van der Waals surface area contributed by atoms with Gasteiger partial charge in [0.2, 0.25) is 0 Å². The monoisotopic (exact) mass is 273 g/mol. The van der Waals surface area contributed by atoms with Gasteiger partial charge >= 0.3 is 0 Å². The van der Waals surface area contributed by atoms with Gasteiger partial charge in [-0.1, -0.05) is 24.3 Å². The molecule has 2 aromatic rings. The summed E-state index contributed by atoms with van der Waals surface area (Å²) in [6, 6.07) is 8.53. The van der Waals surface area contributed by atoms with Crippen LogP contribution in [0, 0.1) is 0 Å². The predicted molar refractivity (Wildman–Crippen MR) is 80.3 cm³/mol. The summed E-state index contributed by atoms with van der Waals surface area (Å²) >= 11 is 0. The summed E-state index contributed by atoms with van der Waals surface area (Å²) < 4.78 is 7.27. The van der Waals surface area contributed by atoms with Gasteiger partial charge < -0.3 is 14.6 Å². The number of rotatable bonds is 9. The Morgan fingerprint density at radius 2 is 2.15 bits per heavy atom. The lowest BCUT2D eigenvalue weighted by Gasteiger charge is -2.07. The van der Waals surface area contributed by atoms with E-state index in [9.17, 15) is 0 Å². The van der Waals surface area contributed by atoms with E-state index in [4.69, 9.17) is 4.74 Å². The summed E-state index contributed by atoms with van der Waals surface area (Å²) in [5.41, 5.74) is 2.54. The predicted octanol–water partition coefficient (Wildman–Crippen LogP) is 2.60. The number of methoxy groups -OCH3 is 1. The van der Waals surface area contributed by atoms with Crippen molar-refractivity contribution in [2.75, 3.05) is 13.7 Å². The van der Waals surface area contributed by atoms with E-state index in [-0.39, 0.29) is 0 Å². The van der Waals surface area contributed by atoms with E-state index in [1.165, 1.54) is 24.0 Å². The van der Waals surface area contributed by atoms with E-state index >= 15 is 0 Å². The standard InChI is InChI=1S/C16H23N3O/c1-20-13-16-6-4-5-15(11-16)12-17-7-2-3-9-19-10-8-18-14-19/h4-6,8,10-11,14,17H,2-3,7,9,12-13H2,1H3. The van der Waals surface area contributed by atoms with Crippen molar-refractivity contribution in [3.63, 3.8) is 0 Å². The Morgan fingerprint density at radius 3 is 2.95 bits per heavy atom. The maximum absolute atomic E-state index is 5.15. The third-order valence-electron chi connectivity index (χ3n) is 3.21. The van der Waals surface area contributed by atoms with Crippen molar-refractivity contribution in [1.82, 2.24) is 14.9 Å². The van der Waals surface area contributed by atoms with Gasteiger partial charge in [-0.15, -0.1) is 0 Å². The molecule has 0 radical (unpaired) electrons. The summed E-state index contributed by atoms with van der Waals surface area (Å²) in [7, 11) is 1.73. The molecule has 0 aliphatic carbocycles. The lowest BCUT2D eigenvalue weighted by Crippen LogP contribution is -2.15. The van der Waals surface area contributed by atoms with Crippen LogP contribution < -0.4 is 5.32 Å². The Kier molecular flexibility index (Phi) is 6.27. The number of nitrogens with zero attached hydrogens (tertiary/aromatic N) is 2. The molecule has 0 bridgehead atoms. The molecule has 0 aliphatic rings. The molecule has 0 unspecified atom stereocenters. The molecule has 0 fully saturated rings. The van der Waals surface area contributed by atoms with E-state index < -0.39 is 0 Å². The van der Waals surface area contributed by atoms with Crippen LogP contribution in [0.2, 0.25) is 0 Å². The summed E-state index contributed by atoms with van der Waals surface area (Å²) in [6.07, 6.45) is 8.05. The lowest BCUT2D eigenvalue weighted by molar-refractivity contribution is 0.185. The van der Waals surface area contributed by atoms with Crippen LogP contribution in [-0.2, 0) is 24.4 Å². The molecule has 1 aromatic heterocycles. The molecule has 1 N–H and O–H groups in total. The minimum atomic E-state index is 0.679. The maximum Gasteiger partial charge on any atom is 0.0945 e. The van der Waals surface area contributed by atoms with Crippen molar-refractivity contribution < 1.29 is 4.74 Å². The average Bonchev–Trinajstić information content (AvgIpc) is 2.97. The van der Waals surface area contributed by atoms with Crippen LogP contribution in [0.15, 0.2) is 43.0 Å². The fraction of sp³-hybridized carbons (Fsp3) is 0.438. The Labute approximate surface area is 120 Å². The highest BCUT2D eigenvalue weighted by atomic mass is 16.5. The van der Waals surface area contributed by atoms with E-state index in [0.29, 0.717) is 6.61 Å². The Bertz CT molecular complexity index is 482. The second-order valence-corrected chi connectivity index (χ2v) is 4.94. The topological polar surface area (TPSA) is 39.1 Å². The van der Waals surface area contributed by atoms with Crippen molar-refractivity contribution in [2.45, 2.75) is 32.5 Å². The van der Waals surface area contributed by atoms with Gasteiger partial charge in [0.25, 0.3) is 0 Å². The van der Waals surface area contributed by atoms with E-state index in [1.807, 2.05) is 18.7 Å². The second-order valence-electron chi connectivity index (χ2n) is 4.94. The molecule has 0 saturated heterocycles. The van der Waals surface area contributed by atoms with Gasteiger partial charge in [-0.05, 0) is 30.5 Å². The highest BCUT2D eigenvalue weighted by molar-refractivity contribution is 5.22. The van der Waals surface area contributed by atoms with Crippen molar-refractivity contribution in [2.24, 2.45) is 0 Å². The first-order valence-electron chi connectivity index (χ1n) is 7.11. The van der Waals surface area contributed by atoms with Crippen molar-refractivity contribution in [3.05, 3.63) is 54.1 Å². The minimum absolute atomic E-state index is 0.679. The number of hydrogen-bond acceptors (Lipinski definition) is 3. The maximum atomic E-state index is 5.15. The van der Waals surface area contributed by atoms with Crippen LogP contribution in [0.1, 0.15) is 24.0 Å². The van der Waals surface area contributed by atoms with Crippen LogP contribution in [0.3, 0.4) is 0 Å². The van der Waals surface area contributed by atoms with Crippen molar-refractivity contribution in [3.8, 4) is 0 Å². The lowest BCUT2D eigenvalue weighted by atomic mass is 10.1. The number of benzene rings is 1. The summed E-state index contributed by atoms with van der Waals surface area (Å²) in [5.74, 6) is 0. The quantitative estimate of drug-likeness (QED) is 0.714. The number of hydrogen-bond donors (Lipinski definition) is 1. The number of ether oxygens (including phenoxy) is 1. The van der Waals surface area contributed by atoms with Crippen LogP contribution in [0.25, 0.3) is 0 Å². The summed E-state index contributed by atoms with van der Waals surface area (Å²) in [6.45, 7) is 3.69. The van der Waals surface area contributed by atoms with Gasteiger partial charge in [0, 0.05) is 32.6 Å². The summed E-state index contributed by atoms with van der Waals surface area (Å²) in [4.78, 5) is 4.04. The molecule has 2 rings (SSSR count). The van der Waals surface area contributed by atoms with E-state index in [0.717, 1.165) is 19.6 Å². The fourth-order valence-electron chi connectivity index (χ4n) is 2.19. The molecule has 0 amide bonds. The molecule has 1 aromatic carbocycles. The first kappa shape index (κ1) is 14.8. The average molecular weight is 273 g/mol. The van der Waals surface area contributed by atoms with Crippen LogP contribution in [0.5, 0.6) is 0 Å². The number of nitrogens with one attached hydrogen (secondary N) is 1. The number of aryl methyl sites for hydroxylation is 1. The van der Waals surface area contributed by atoms with Crippen LogP contribution in [0.4, 0.5) is 0 Å². The molecule has 0 aliphatic heterocycles. The highest BCUT2D eigenvalue weighted by Gasteiger charge is 1.96. The fourth-order valence-corrected chi connectivity index (χ4v) is 2.19. The number of aromatic nitrogens is 2.